The van der Waals surface area contributed by atoms with Crippen molar-refractivity contribution in [3.8, 4) is 5.69 Å². The number of carbonyl (C=O) groups excluding carboxylic acids is 1. The number of benzene rings is 2. The predicted molar refractivity (Wildman–Crippen MR) is 106 cm³/mol. The minimum absolute atomic E-state index is 0.0538. The van der Waals surface area contributed by atoms with Gasteiger partial charge in [-0.3, -0.25) is 4.79 Å². The fourth-order valence-electron chi connectivity index (χ4n) is 2.46. The van der Waals surface area contributed by atoms with Gasteiger partial charge in [0.25, 0.3) is 0 Å². The van der Waals surface area contributed by atoms with Crippen LogP contribution in [-0.2, 0) is 21.2 Å². The van der Waals surface area contributed by atoms with Gasteiger partial charge in [-0.1, -0.05) is 29.8 Å². The Bertz CT molecular complexity index is 1110. The average molecular weight is 470 g/mol. The summed E-state index contributed by atoms with van der Waals surface area (Å²) in [6, 6.07) is 11.4. The van der Waals surface area contributed by atoms with Gasteiger partial charge in [-0.15, -0.1) is 0 Å². The molecule has 27 heavy (non-hydrogen) atoms. The second-order valence-corrected chi connectivity index (χ2v) is 8.50. The van der Waals surface area contributed by atoms with Crippen molar-refractivity contribution in [1.82, 2.24) is 9.78 Å². The fourth-order valence-corrected chi connectivity index (χ4v) is 3.69. The highest BCUT2D eigenvalue weighted by Crippen LogP contribution is 2.24. The molecule has 1 aromatic heterocycles. The summed E-state index contributed by atoms with van der Waals surface area (Å²) in [6.07, 6.45) is 3.17. The van der Waals surface area contributed by atoms with Gasteiger partial charge in [-0.25, -0.2) is 18.2 Å². The largest absolute Gasteiger partial charge is 0.326 e. The fraction of sp³-hybridized carbons (Fsp3) is 0.0588. The summed E-state index contributed by atoms with van der Waals surface area (Å²) in [4.78, 5) is 12.1. The molecule has 0 bridgehead atoms. The van der Waals surface area contributed by atoms with E-state index in [1.54, 1.807) is 36.5 Å². The maximum atomic E-state index is 12.3. The Labute approximate surface area is 169 Å². The maximum absolute atomic E-state index is 12.3. The van der Waals surface area contributed by atoms with Crippen molar-refractivity contribution in [2.75, 3.05) is 5.32 Å². The number of hydrogen-bond acceptors (Lipinski definition) is 4. The van der Waals surface area contributed by atoms with Crippen molar-refractivity contribution < 1.29 is 13.2 Å². The first-order chi connectivity index (χ1) is 12.7. The molecule has 0 spiro atoms. The number of primary sulfonamides is 1. The Kier molecular flexibility index (Phi) is 5.66. The van der Waals surface area contributed by atoms with Crippen molar-refractivity contribution in [3.63, 3.8) is 0 Å². The number of nitrogens with one attached hydrogen (secondary N) is 1. The molecule has 0 aliphatic heterocycles. The zero-order valence-corrected chi connectivity index (χ0v) is 16.9. The Morgan fingerprint density at radius 1 is 1.26 bits per heavy atom. The van der Waals surface area contributed by atoms with Gasteiger partial charge in [-0.2, -0.15) is 5.10 Å². The van der Waals surface area contributed by atoms with Crippen LogP contribution in [0, 0.1) is 0 Å². The minimum atomic E-state index is -4.04. The number of aromatic nitrogens is 2. The van der Waals surface area contributed by atoms with E-state index >= 15 is 0 Å². The third-order valence-electron chi connectivity index (χ3n) is 3.66. The molecule has 140 valence electrons. The van der Waals surface area contributed by atoms with Crippen LogP contribution in [0.2, 0.25) is 5.02 Å². The molecular weight excluding hydrogens is 456 g/mol. The summed E-state index contributed by atoms with van der Waals surface area (Å²) >= 11 is 9.31. The first kappa shape index (κ1) is 19.6. The number of rotatable bonds is 5. The highest BCUT2D eigenvalue weighted by Gasteiger charge is 2.18. The lowest BCUT2D eigenvalue weighted by Gasteiger charge is -2.12. The molecule has 2 aromatic carbocycles. The normalized spacial score (nSPS) is 11.4. The van der Waals surface area contributed by atoms with Crippen molar-refractivity contribution in [2.24, 2.45) is 5.14 Å². The van der Waals surface area contributed by atoms with Gasteiger partial charge in [0.05, 0.1) is 22.8 Å². The Morgan fingerprint density at radius 2 is 2.00 bits per heavy atom. The van der Waals surface area contributed by atoms with E-state index in [4.69, 9.17) is 16.7 Å². The predicted octanol–water partition coefficient (Wildman–Crippen LogP) is 3.12. The van der Waals surface area contributed by atoms with E-state index in [2.05, 4.69) is 26.3 Å². The van der Waals surface area contributed by atoms with Gasteiger partial charge in [0.2, 0.25) is 15.9 Å². The molecule has 7 nitrogen and oxygen atoms in total. The number of halogens is 2. The molecule has 0 saturated heterocycles. The summed E-state index contributed by atoms with van der Waals surface area (Å²) in [6.45, 7) is 0. The van der Waals surface area contributed by atoms with E-state index < -0.39 is 10.0 Å². The van der Waals surface area contributed by atoms with Crippen LogP contribution >= 0.6 is 27.5 Å². The third-order valence-corrected chi connectivity index (χ3v) is 5.38. The smallest absolute Gasteiger partial charge is 0.240 e. The molecule has 0 saturated carbocycles. The molecule has 0 aliphatic rings. The zero-order chi connectivity index (χ0) is 19.6. The second-order valence-electron chi connectivity index (χ2n) is 5.65. The quantitative estimate of drug-likeness (QED) is 0.598. The summed E-state index contributed by atoms with van der Waals surface area (Å²) in [5, 5.41) is 12.5. The SMILES string of the molecule is NS(=O)(=O)c1cc(NC(=O)Cc2ccccc2Cl)ccc1-n1cc(Br)cn1. The molecule has 0 atom stereocenters. The average Bonchev–Trinajstić information content (AvgIpc) is 3.02. The van der Waals surface area contributed by atoms with Gasteiger partial charge in [-0.05, 0) is 45.8 Å². The third kappa shape index (κ3) is 4.75. The van der Waals surface area contributed by atoms with E-state index in [9.17, 15) is 13.2 Å². The maximum Gasteiger partial charge on any atom is 0.240 e. The number of hydrogen-bond donors (Lipinski definition) is 2. The molecule has 0 aliphatic carbocycles. The number of nitrogens with zero attached hydrogens (tertiary/aromatic N) is 2. The van der Waals surface area contributed by atoms with E-state index in [-0.39, 0.29) is 22.9 Å². The van der Waals surface area contributed by atoms with Crippen LogP contribution in [-0.4, -0.2) is 24.1 Å². The first-order valence-electron chi connectivity index (χ1n) is 7.65. The molecule has 3 rings (SSSR count). The Balaban J connectivity index is 1.89. The van der Waals surface area contributed by atoms with E-state index in [1.807, 2.05) is 0 Å². The van der Waals surface area contributed by atoms with Crippen molar-refractivity contribution >= 4 is 49.1 Å². The first-order valence-corrected chi connectivity index (χ1v) is 10.4. The van der Waals surface area contributed by atoms with Crippen LogP contribution in [0.15, 0.2) is 64.2 Å². The number of carbonyl (C=O) groups is 1. The summed E-state index contributed by atoms with van der Waals surface area (Å²) in [5.74, 6) is -0.335. The summed E-state index contributed by atoms with van der Waals surface area (Å²) < 4.78 is 26.1. The monoisotopic (exact) mass is 468 g/mol. The summed E-state index contributed by atoms with van der Waals surface area (Å²) in [5.41, 5.74) is 1.24. The number of anilines is 1. The van der Waals surface area contributed by atoms with Gasteiger partial charge >= 0.3 is 0 Å². The molecule has 3 aromatic rings. The van der Waals surface area contributed by atoms with Crippen LogP contribution in [0.3, 0.4) is 0 Å². The van der Waals surface area contributed by atoms with Crippen LogP contribution in [0.4, 0.5) is 5.69 Å². The molecule has 3 N–H and O–H groups in total. The number of nitrogens with two attached hydrogens (primary N) is 1. The lowest BCUT2D eigenvalue weighted by atomic mass is 10.1. The van der Waals surface area contributed by atoms with Gasteiger partial charge in [0.1, 0.15) is 4.90 Å². The minimum Gasteiger partial charge on any atom is -0.326 e. The highest BCUT2D eigenvalue weighted by molar-refractivity contribution is 9.10. The Hall–Kier alpha value is -2.20. The van der Waals surface area contributed by atoms with Gasteiger partial charge in [0.15, 0.2) is 0 Å². The van der Waals surface area contributed by atoms with Gasteiger partial charge in [0, 0.05) is 16.9 Å². The topological polar surface area (TPSA) is 107 Å². The van der Waals surface area contributed by atoms with E-state index in [0.29, 0.717) is 20.7 Å². The van der Waals surface area contributed by atoms with Gasteiger partial charge < -0.3 is 5.32 Å². The van der Waals surface area contributed by atoms with Crippen molar-refractivity contribution in [1.29, 1.82) is 0 Å². The lowest BCUT2D eigenvalue weighted by Crippen LogP contribution is -2.18. The summed E-state index contributed by atoms with van der Waals surface area (Å²) in [7, 11) is -4.04. The van der Waals surface area contributed by atoms with E-state index in [1.165, 1.54) is 23.0 Å². The number of sulfonamides is 1. The van der Waals surface area contributed by atoms with E-state index in [0.717, 1.165) is 0 Å². The molecule has 1 amide bonds. The zero-order valence-electron chi connectivity index (χ0n) is 13.8. The molecule has 0 unspecified atom stereocenters. The lowest BCUT2D eigenvalue weighted by molar-refractivity contribution is -0.115. The van der Waals surface area contributed by atoms with Crippen molar-refractivity contribution in [2.45, 2.75) is 11.3 Å². The Morgan fingerprint density at radius 3 is 2.63 bits per heavy atom. The molecule has 10 heteroatoms. The van der Waals surface area contributed by atoms with Crippen LogP contribution < -0.4 is 10.5 Å². The van der Waals surface area contributed by atoms with Crippen LogP contribution in [0.25, 0.3) is 5.69 Å². The van der Waals surface area contributed by atoms with Crippen LogP contribution in [0.5, 0.6) is 0 Å². The number of amides is 1. The highest BCUT2D eigenvalue weighted by atomic mass is 79.9. The van der Waals surface area contributed by atoms with Crippen LogP contribution in [0.1, 0.15) is 5.56 Å². The molecule has 1 heterocycles. The molecule has 0 radical (unpaired) electrons. The van der Waals surface area contributed by atoms with Crippen molar-refractivity contribution in [3.05, 3.63) is 69.9 Å². The standard InChI is InChI=1S/C17H14BrClN4O3S/c18-12-9-21-23(10-12)15-6-5-13(8-16(15)27(20,25)26)22-17(24)7-11-3-1-2-4-14(11)19/h1-6,8-10H,7H2,(H,22,24)(H2,20,25,26). The second kappa shape index (κ2) is 7.81. The molecule has 0 fully saturated rings. The molecular formula is C17H14BrClN4O3S.